The van der Waals surface area contributed by atoms with Gasteiger partial charge in [0.25, 0.3) is 0 Å². The van der Waals surface area contributed by atoms with Crippen LogP contribution in [-0.4, -0.2) is 76.7 Å². The van der Waals surface area contributed by atoms with Gasteiger partial charge in [-0.3, -0.25) is 0 Å². The maximum Gasteiger partial charge on any atom is 0.410 e. The van der Waals surface area contributed by atoms with Crippen LogP contribution >= 0.6 is 15.9 Å². The van der Waals surface area contributed by atoms with E-state index in [9.17, 15) is 14.7 Å². The summed E-state index contributed by atoms with van der Waals surface area (Å²) in [5.74, 6) is 2.06. The highest BCUT2D eigenvalue weighted by atomic mass is 79.9. The number of amides is 2. The molecular weight excluding hydrogens is 684 g/mol. The Morgan fingerprint density at radius 2 is 1.12 bits per heavy atom. The SMILES string of the molecule is CC(C)(C)OC(=O)N1C[C@H]2CC(O)C[C@H]2C1.Cc1cccc(CBr)c1.Cc1cccc(COC2C[C@@H]3CN(C(=O)OC(C)(C)C)C[C@@H]3C2)c1. The molecule has 6 atom stereocenters. The Balaban J connectivity index is 0.000000185. The van der Waals surface area contributed by atoms with Gasteiger partial charge in [0, 0.05) is 31.5 Å². The first-order valence-corrected chi connectivity index (χ1v) is 19.0. The maximum atomic E-state index is 12.2. The van der Waals surface area contributed by atoms with Gasteiger partial charge in [0.15, 0.2) is 0 Å². The third kappa shape index (κ3) is 12.6. The summed E-state index contributed by atoms with van der Waals surface area (Å²) < 4.78 is 16.9. The molecule has 9 heteroatoms. The lowest BCUT2D eigenvalue weighted by molar-refractivity contribution is 0.0204. The van der Waals surface area contributed by atoms with Crippen molar-refractivity contribution in [2.75, 3.05) is 26.2 Å². The van der Waals surface area contributed by atoms with Gasteiger partial charge >= 0.3 is 12.2 Å². The lowest BCUT2D eigenvalue weighted by atomic mass is 10.0. The van der Waals surface area contributed by atoms with E-state index in [2.05, 4.69) is 78.3 Å². The van der Waals surface area contributed by atoms with Crippen LogP contribution in [-0.2, 0) is 26.1 Å². The van der Waals surface area contributed by atoms with Crippen molar-refractivity contribution in [2.45, 2.75) is 116 Å². The third-order valence-corrected chi connectivity index (χ3v) is 10.2. The number of hydrogen-bond acceptors (Lipinski definition) is 6. The van der Waals surface area contributed by atoms with Crippen molar-refractivity contribution in [3.8, 4) is 0 Å². The number of benzene rings is 2. The summed E-state index contributed by atoms with van der Waals surface area (Å²) in [5, 5.41) is 10.5. The van der Waals surface area contributed by atoms with E-state index in [1.54, 1.807) is 4.90 Å². The van der Waals surface area contributed by atoms with Crippen molar-refractivity contribution in [1.82, 2.24) is 9.80 Å². The summed E-state index contributed by atoms with van der Waals surface area (Å²) in [6.07, 6.45) is 3.56. The highest BCUT2D eigenvalue weighted by Gasteiger charge is 2.44. The standard InChI is InChI=1S/C20H29NO3.C12H21NO3.C8H9Br/c1-14-6-5-7-15(8-14)13-23-18-9-16-11-21(12-17(16)10-18)19(22)24-20(2,3)4;1-12(2,3)16-11(15)13-6-8-4-10(14)5-9(8)7-13;1-7-3-2-4-8(5-7)6-9/h5-8,16-18H,9-13H2,1-4H3;8-10,14H,4-7H2,1-3H3;2-5H,6H2,1H3/t16-,17+,18?;8-,9+,10?;. The molecule has 2 heterocycles. The second-order valence-corrected chi connectivity index (χ2v) is 17.0. The fraction of sp³-hybridized carbons (Fsp3) is 0.650. The molecule has 0 radical (unpaired) electrons. The molecule has 4 aliphatic rings. The summed E-state index contributed by atoms with van der Waals surface area (Å²) >= 11 is 3.39. The van der Waals surface area contributed by atoms with E-state index in [4.69, 9.17) is 14.2 Å². The normalized spacial score (nSPS) is 25.8. The molecule has 0 spiro atoms. The zero-order chi connectivity index (χ0) is 35.9. The third-order valence-electron chi connectivity index (χ3n) is 9.54. The molecule has 2 aliphatic carbocycles. The van der Waals surface area contributed by atoms with Gasteiger partial charge in [0.05, 0.1) is 18.8 Å². The number of nitrogens with zero attached hydrogens (tertiary/aromatic N) is 2. The number of aliphatic hydroxyl groups excluding tert-OH is 1. The Morgan fingerprint density at radius 3 is 1.51 bits per heavy atom. The van der Waals surface area contributed by atoms with Gasteiger partial charge < -0.3 is 29.1 Å². The lowest BCUT2D eigenvalue weighted by Crippen LogP contribution is -2.36. The number of hydrogen-bond donors (Lipinski definition) is 1. The van der Waals surface area contributed by atoms with E-state index in [1.807, 2.05) is 46.4 Å². The van der Waals surface area contributed by atoms with E-state index >= 15 is 0 Å². The molecule has 2 aromatic carbocycles. The minimum Gasteiger partial charge on any atom is -0.444 e. The van der Waals surface area contributed by atoms with Crippen molar-refractivity contribution < 1.29 is 28.9 Å². The fourth-order valence-corrected chi connectivity index (χ4v) is 7.76. The van der Waals surface area contributed by atoms with Crippen molar-refractivity contribution in [3.63, 3.8) is 0 Å². The monoisotopic (exact) mass is 742 g/mol. The van der Waals surface area contributed by atoms with Gasteiger partial charge in [-0.1, -0.05) is 75.6 Å². The van der Waals surface area contributed by atoms with Crippen molar-refractivity contribution >= 4 is 28.1 Å². The van der Waals surface area contributed by atoms with Crippen LogP contribution in [0.5, 0.6) is 0 Å². The first-order chi connectivity index (χ1) is 23.0. The van der Waals surface area contributed by atoms with Crippen LogP contribution in [0.2, 0.25) is 0 Å². The van der Waals surface area contributed by atoms with Gasteiger partial charge in [-0.05, 0) is 116 Å². The number of carbonyl (C=O) groups is 2. The molecule has 49 heavy (non-hydrogen) atoms. The molecule has 2 aliphatic heterocycles. The molecule has 1 N–H and O–H groups in total. The number of aliphatic hydroxyl groups is 1. The largest absolute Gasteiger partial charge is 0.444 e. The Labute approximate surface area is 303 Å². The van der Waals surface area contributed by atoms with Crippen molar-refractivity contribution in [1.29, 1.82) is 0 Å². The molecule has 2 saturated heterocycles. The van der Waals surface area contributed by atoms with Gasteiger partial charge in [-0.15, -0.1) is 0 Å². The van der Waals surface area contributed by atoms with Crippen molar-refractivity contribution in [2.24, 2.45) is 23.7 Å². The molecule has 2 aromatic rings. The molecule has 0 bridgehead atoms. The molecular formula is C40H59BrN2O6. The van der Waals surface area contributed by atoms with Gasteiger partial charge in [0.2, 0.25) is 0 Å². The summed E-state index contributed by atoms with van der Waals surface area (Å²) in [4.78, 5) is 27.7. The average Bonchev–Trinajstić information content (AvgIpc) is 3.75. The average molecular weight is 744 g/mol. The summed E-state index contributed by atoms with van der Waals surface area (Å²) in [6, 6.07) is 17.0. The minimum absolute atomic E-state index is 0.157. The minimum atomic E-state index is -0.422. The van der Waals surface area contributed by atoms with Crippen LogP contribution in [0.3, 0.4) is 0 Å². The first kappa shape index (κ1) is 39.2. The predicted octanol–water partition coefficient (Wildman–Crippen LogP) is 8.67. The number of halogens is 1. The number of carbonyl (C=O) groups excluding carboxylic acids is 2. The number of likely N-dealkylation sites (tertiary alicyclic amines) is 2. The molecule has 272 valence electrons. The van der Waals surface area contributed by atoms with E-state index in [0.717, 1.165) is 57.2 Å². The topological polar surface area (TPSA) is 88.5 Å². The van der Waals surface area contributed by atoms with Crippen LogP contribution in [0.4, 0.5) is 9.59 Å². The second-order valence-electron chi connectivity index (χ2n) is 16.5. The number of aryl methyl sites for hydroxylation is 2. The lowest BCUT2D eigenvalue weighted by Gasteiger charge is -2.25. The van der Waals surface area contributed by atoms with Crippen LogP contribution in [0, 0.1) is 37.5 Å². The number of fused-ring (bicyclic) bond motifs is 2. The zero-order valence-electron chi connectivity index (χ0n) is 30.9. The van der Waals surface area contributed by atoms with Crippen LogP contribution in [0.15, 0.2) is 48.5 Å². The van der Waals surface area contributed by atoms with Gasteiger partial charge in [-0.25, -0.2) is 9.59 Å². The Morgan fingerprint density at radius 1 is 0.714 bits per heavy atom. The summed E-state index contributed by atoms with van der Waals surface area (Å²) in [5.41, 5.74) is 4.33. The van der Waals surface area contributed by atoms with E-state index in [-0.39, 0.29) is 18.3 Å². The number of alkyl halides is 1. The van der Waals surface area contributed by atoms with Crippen molar-refractivity contribution in [3.05, 3.63) is 70.8 Å². The predicted molar refractivity (Wildman–Crippen MR) is 198 cm³/mol. The molecule has 2 unspecified atom stereocenters. The van der Waals surface area contributed by atoms with Crippen LogP contribution < -0.4 is 0 Å². The van der Waals surface area contributed by atoms with E-state index in [1.165, 1.54) is 22.3 Å². The molecule has 6 rings (SSSR count). The first-order valence-electron chi connectivity index (χ1n) is 17.9. The fourth-order valence-electron chi connectivity index (χ4n) is 7.41. The molecule has 4 fully saturated rings. The van der Waals surface area contributed by atoms with E-state index in [0.29, 0.717) is 36.4 Å². The summed E-state index contributed by atoms with van der Waals surface area (Å²) in [6.45, 7) is 19.4. The van der Waals surface area contributed by atoms with E-state index < -0.39 is 11.2 Å². The molecule has 2 amide bonds. The Hall–Kier alpha value is -2.62. The maximum absolute atomic E-state index is 12.2. The van der Waals surface area contributed by atoms with Gasteiger partial charge in [0.1, 0.15) is 11.2 Å². The number of ether oxygens (including phenoxy) is 3. The highest BCUT2D eigenvalue weighted by molar-refractivity contribution is 9.08. The second kappa shape index (κ2) is 17.1. The quantitative estimate of drug-likeness (QED) is 0.316. The highest BCUT2D eigenvalue weighted by Crippen LogP contribution is 2.40. The van der Waals surface area contributed by atoms with Crippen LogP contribution in [0.1, 0.15) is 89.5 Å². The van der Waals surface area contributed by atoms with Gasteiger partial charge in [-0.2, -0.15) is 0 Å². The molecule has 2 saturated carbocycles. The smallest absolute Gasteiger partial charge is 0.410 e. The molecule has 8 nitrogen and oxygen atoms in total. The van der Waals surface area contributed by atoms with Crippen LogP contribution in [0.25, 0.3) is 0 Å². The zero-order valence-corrected chi connectivity index (χ0v) is 32.5. The Kier molecular flexibility index (Phi) is 13.6. The Bertz CT molecular complexity index is 1360. The number of rotatable bonds is 4. The molecule has 0 aromatic heterocycles. The summed E-state index contributed by atoms with van der Waals surface area (Å²) in [7, 11) is 0.